The number of fused-ring (bicyclic) bond motifs is 1. The minimum Gasteiger partial charge on any atom is -0.497 e. The molecule has 0 aliphatic heterocycles. The fourth-order valence-electron chi connectivity index (χ4n) is 2.92. The Labute approximate surface area is 156 Å². The van der Waals surface area contributed by atoms with Crippen LogP contribution in [0.25, 0.3) is 33.7 Å². The van der Waals surface area contributed by atoms with Crippen molar-refractivity contribution in [2.75, 3.05) is 13.4 Å². The summed E-state index contributed by atoms with van der Waals surface area (Å²) in [6.07, 6.45) is 2.91. The predicted octanol–water partition coefficient (Wildman–Crippen LogP) is 3.70. The number of nitrogens with one attached hydrogen (secondary N) is 1. The van der Waals surface area contributed by atoms with Crippen LogP contribution in [0.3, 0.4) is 0 Å². The van der Waals surface area contributed by atoms with Gasteiger partial charge >= 0.3 is 0 Å². The van der Waals surface area contributed by atoms with Crippen molar-refractivity contribution in [2.45, 2.75) is 4.90 Å². The monoisotopic (exact) mass is 379 g/mol. The highest BCUT2D eigenvalue weighted by Crippen LogP contribution is 2.29. The lowest BCUT2D eigenvalue weighted by Gasteiger charge is -2.04. The molecule has 136 valence electrons. The first kappa shape index (κ1) is 17.2. The Hall–Kier alpha value is -3.19. The number of aromatic amines is 1. The van der Waals surface area contributed by atoms with E-state index >= 15 is 0 Å². The van der Waals surface area contributed by atoms with E-state index < -0.39 is 9.84 Å². The average Bonchev–Trinajstić information content (AvgIpc) is 3.12. The number of nitrogens with zero attached hydrogens (tertiary/aromatic N) is 2. The summed E-state index contributed by atoms with van der Waals surface area (Å²) >= 11 is 0. The van der Waals surface area contributed by atoms with E-state index in [9.17, 15) is 8.42 Å². The molecule has 2 aromatic heterocycles. The Morgan fingerprint density at radius 1 is 0.926 bits per heavy atom. The zero-order valence-electron chi connectivity index (χ0n) is 14.8. The van der Waals surface area contributed by atoms with E-state index in [1.54, 1.807) is 37.6 Å². The number of hydrogen-bond donors (Lipinski definition) is 1. The molecule has 0 saturated carbocycles. The van der Waals surface area contributed by atoms with Crippen molar-refractivity contribution in [1.82, 2.24) is 15.0 Å². The second kappa shape index (κ2) is 6.51. The number of pyridine rings is 1. The summed E-state index contributed by atoms with van der Waals surface area (Å²) in [5, 5.41) is 0. The highest BCUT2D eigenvalue weighted by molar-refractivity contribution is 7.90. The Morgan fingerprint density at radius 3 is 2.22 bits per heavy atom. The van der Waals surface area contributed by atoms with Crippen molar-refractivity contribution >= 4 is 21.0 Å². The molecule has 0 bridgehead atoms. The minimum atomic E-state index is -3.23. The first-order valence-electron chi connectivity index (χ1n) is 8.25. The van der Waals surface area contributed by atoms with Gasteiger partial charge in [0.25, 0.3) is 0 Å². The third-order valence-electron chi connectivity index (χ3n) is 4.35. The van der Waals surface area contributed by atoms with E-state index in [1.165, 1.54) is 6.26 Å². The third-order valence-corrected chi connectivity index (χ3v) is 5.48. The molecule has 4 rings (SSSR count). The van der Waals surface area contributed by atoms with Crippen LogP contribution >= 0.6 is 0 Å². The van der Waals surface area contributed by atoms with Gasteiger partial charge in [-0.15, -0.1) is 0 Å². The predicted molar refractivity (Wildman–Crippen MR) is 104 cm³/mol. The van der Waals surface area contributed by atoms with Gasteiger partial charge in [-0.05, 0) is 48.0 Å². The summed E-state index contributed by atoms with van der Waals surface area (Å²) in [6.45, 7) is 0. The van der Waals surface area contributed by atoms with Crippen molar-refractivity contribution in [1.29, 1.82) is 0 Å². The molecule has 7 heteroatoms. The quantitative estimate of drug-likeness (QED) is 0.584. The molecule has 2 heterocycles. The molecule has 0 spiro atoms. The van der Waals surface area contributed by atoms with Gasteiger partial charge in [0, 0.05) is 23.6 Å². The number of sulfone groups is 1. The molecule has 0 unspecified atom stereocenters. The van der Waals surface area contributed by atoms with Crippen molar-refractivity contribution in [2.24, 2.45) is 0 Å². The molecular formula is C20H17N3O3S. The lowest BCUT2D eigenvalue weighted by molar-refractivity contribution is 0.415. The summed E-state index contributed by atoms with van der Waals surface area (Å²) in [7, 11) is -1.59. The number of H-pyrrole nitrogens is 1. The summed E-state index contributed by atoms with van der Waals surface area (Å²) in [4.78, 5) is 12.5. The van der Waals surface area contributed by atoms with Crippen LogP contribution in [0.15, 0.2) is 65.7 Å². The van der Waals surface area contributed by atoms with Crippen molar-refractivity contribution < 1.29 is 13.2 Å². The fourth-order valence-corrected chi connectivity index (χ4v) is 3.55. The summed E-state index contributed by atoms with van der Waals surface area (Å²) in [6, 6.07) is 16.3. The zero-order chi connectivity index (χ0) is 19.0. The topological polar surface area (TPSA) is 84.9 Å². The second-order valence-corrected chi connectivity index (χ2v) is 8.18. The maximum atomic E-state index is 11.6. The van der Waals surface area contributed by atoms with Gasteiger partial charge in [-0.1, -0.05) is 12.1 Å². The molecule has 1 N–H and O–H groups in total. The minimum absolute atomic E-state index is 0.277. The SMILES string of the molecule is COc1ccc(-c2ccnc3nc(-c4ccc(S(C)(=O)=O)cc4)[nH]c23)cc1. The lowest BCUT2D eigenvalue weighted by atomic mass is 10.1. The largest absolute Gasteiger partial charge is 0.497 e. The van der Waals surface area contributed by atoms with Crippen LogP contribution in [0, 0.1) is 0 Å². The van der Waals surface area contributed by atoms with E-state index in [0.29, 0.717) is 11.5 Å². The van der Waals surface area contributed by atoms with Gasteiger partial charge in [0.05, 0.1) is 17.5 Å². The average molecular weight is 379 g/mol. The number of benzene rings is 2. The van der Waals surface area contributed by atoms with Crippen molar-refractivity contribution in [3.05, 3.63) is 60.8 Å². The standard InChI is InChI=1S/C20H17N3O3S/c1-26-15-7-3-13(4-8-15)17-11-12-21-20-18(17)22-19(23-20)14-5-9-16(10-6-14)27(2,24)25/h3-12H,1-2H3,(H,21,22,23). The van der Waals surface area contributed by atoms with Gasteiger partial charge in [-0.3, -0.25) is 0 Å². The maximum absolute atomic E-state index is 11.6. The number of ether oxygens (including phenoxy) is 1. The van der Waals surface area contributed by atoms with Crippen LogP contribution in [0.2, 0.25) is 0 Å². The van der Waals surface area contributed by atoms with E-state index in [1.807, 2.05) is 30.3 Å². The van der Waals surface area contributed by atoms with E-state index in [0.717, 1.165) is 28.0 Å². The molecule has 0 fully saturated rings. The summed E-state index contributed by atoms with van der Waals surface area (Å²) < 4.78 is 28.5. The van der Waals surface area contributed by atoms with Crippen LogP contribution in [0.1, 0.15) is 0 Å². The first-order chi connectivity index (χ1) is 13.0. The molecule has 6 nitrogen and oxygen atoms in total. The van der Waals surface area contributed by atoms with Gasteiger partial charge in [-0.2, -0.15) is 0 Å². The molecule has 0 aliphatic carbocycles. The number of hydrogen-bond acceptors (Lipinski definition) is 5. The van der Waals surface area contributed by atoms with Crippen LogP contribution < -0.4 is 4.74 Å². The molecule has 0 radical (unpaired) electrons. The summed E-state index contributed by atoms with van der Waals surface area (Å²) in [5.74, 6) is 1.43. The van der Waals surface area contributed by atoms with Gasteiger partial charge < -0.3 is 9.72 Å². The van der Waals surface area contributed by atoms with Crippen LogP contribution in [-0.4, -0.2) is 36.7 Å². The Morgan fingerprint density at radius 2 is 1.59 bits per heavy atom. The molecule has 2 aromatic carbocycles. The Bertz CT molecular complexity index is 1210. The van der Waals surface area contributed by atoms with Gasteiger partial charge in [0.15, 0.2) is 15.5 Å². The van der Waals surface area contributed by atoms with Crippen molar-refractivity contribution in [3.63, 3.8) is 0 Å². The highest BCUT2D eigenvalue weighted by Gasteiger charge is 2.13. The molecule has 0 amide bonds. The molecule has 0 saturated heterocycles. The maximum Gasteiger partial charge on any atom is 0.178 e. The Kier molecular flexibility index (Phi) is 4.16. The molecule has 0 atom stereocenters. The van der Waals surface area contributed by atoms with Gasteiger partial charge in [0.1, 0.15) is 11.6 Å². The van der Waals surface area contributed by atoms with Gasteiger partial charge in [-0.25, -0.2) is 18.4 Å². The van der Waals surface area contributed by atoms with Crippen LogP contribution in [0.4, 0.5) is 0 Å². The second-order valence-electron chi connectivity index (χ2n) is 6.17. The molecule has 0 aliphatic rings. The normalized spacial score (nSPS) is 11.6. The zero-order valence-corrected chi connectivity index (χ0v) is 15.6. The summed E-state index contributed by atoms with van der Waals surface area (Å²) in [5.41, 5.74) is 4.22. The fraction of sp³-hybridized carbons (Fsp3) is 0.100. The Balaban J connectivity index is 1.78. The third kappa shape index (κ3) is 3.29. The van der Waals surface area contributed by atoms with Crippen LogP contribution in [0.5, 0.6) is 5.75 Å². The van der Waals surface area contributed by atoms with Gasteiger partial charge in [0.2, 0.25) is 0 Å². The first-order valence-corrected chi connectivity index (χ1v) is 10.1. The lowest BCUT2D eigenvalue weighted by Crippen LogP contribution is -1.96. The van der Waals surface area contributed by atoms with E-state index in [4.69, 9.17) is 4.74 Å². The molecule has 27 heavy (non-hydrogen) atoms. The highest BCUT2D eigenvalue weighted by atomic mass is 32.2. The van der Waals surface area contributed by atoms with E-state index in [2.05, 4.69) is 15.0 Å². The number of rotatable bonds is 4. The molecule has 4 aromatic rings. The van der Waals surface area contributed by atoms with E-state index in [-0.39, 0.29) is 4.90 Å². The number of methoxy groups -OCH3 is 1. The number of imidazole rings is 1. The van der Waals surface area contributed by atoms with Crippen LogP contribution in [-0.2, 0) is 9.84 Å². The number of aromatic nitrogens is 3. The van der Waals surface area contributed by atoms with Crippen molar-refractivity contribution in [3.8, 4) is 28.3 Å². The molecular weight excluding hydrogens is 362 g/mol. The smallest absolute Gasteiger partial charge is 0.178 e.